The molecular weight excluding hydrogens is 196 g/mol. The van der Waals surface area contributed by atoms with Gasteiger partial charge in [0.25, 0.3) is 0 Å². The third kappa shape index (κ3) is 5.86. The van der Waals surface area contributed by atoms with Crippen molar-refractivity contribution in [2.75, 3.05) is 32.7 Å². The van der Waals surface area contributed by atoms with Gasteiger partial charge in [0.2, 0.25) is 0 Å². The topological polar surface area (TPSA) is 15.3 Å². The number of rotatable bonds is 8. The van der Waals surface area contributed by atoms with Gasteiger partial charge in [0, 0.05) is 6.54 Å². The molecule has 0 radical (unpaired) electrons. The minimum Gasteiger partial charge on any atom is -0.317 e. The van der Waals surface area contributed by atoms with Crippen LogP contribution in [0.4, 0.5) is 0 Å². The molecule has 16 heavy (non-hydrogen) atoms. The zero-order valence-electron chi connectivity index (χ0n) is 11.3. The van der Waals surface area contributed by atoms with Gasteiger partial charge in [-0.1, -0.05) is 20.3 Å². The molecule has 1 rings (SSSR count). The molecule has 1 atom stereocenters. The fourth-order valence-corrected chi connectivity index (χ4v) is 2.57. The third-order valence-corrected chi connectivity index (χ3v) is 3.69. The normalized spacial score (nSPS) is 22.5. The first-order valence-electron chi connectivity index (χ1n) is 7.29. The summed E-state index contributed by atoms with van der Waals surface area (Å²) in [5, 5.41) is 3.47. The molecule has 1 aliphatic heterocycles. The average molecular weight is 226 g/mol. The maximum atomic E-state index is 3.47. The molecule has 0 saturated carbocycles. The first kappa shape index (κ1) is 14.0. The van der Waals surface area contributed by atoms with Gasteiger partial charge >= 0.3 is 0 Å². The van der Waals surface area contributed by atoms with Gasteiger partial charge in [0.15, 0.2) is 0 Å². The molecule has 0 aromatic heterocycles. The Morgan fingerprint density at radius 1 is 1.19 bits per heavy atom. The van der Waals surface area contributed by atoms with Crippen LogP contribution in [0.5, 0.6) is 0 Å². The van der Waals surface area contributed by atoms with E-state index in [1.165, 1.54) is 71.2 Å². The van der Waals surface area contributed by atoms with Crippen molar-refractivity contribution < 1.29 is 0 Å². The van der Waals surface area contributed by atoms with Gasteiger partial charge < -0.3 is 10.2 Å². The maximum absolute atomic E-state index is 3.47. The van der Waals surface area contributed by atoms with Crippen LogP contribution in [-0.2, 0) is 0 Å². The van der Waals surface area contributed by atoms with Crippen LogP contribution in [0, 0.1) is 5.92 Å². The second-order valence-electron chi connectivity index (χ2n) is 5.17. The summed E-state index contributed by atoms with van der Waals surface area (Å²) in [6.45, 7) is 11.0. The van der Waals surface area contributed by atoms with Crippen molar-refractivity contribution in [3.8, 4) is 0 Å². The van der Waals surface area contributed by atoms with Crippen molar-refractivity contribution in [3.63, 3.8) is 0 Å². The van der Waals surface area contributed by atoms with Crippen LogP contribution >= 0.6 is 0 Å². The number of hydrogen-bond donors (Lipinski definition) is 1. The van der Waals surface area contributed by atoms with E-state index in [-0.39, 0.29) is 0 Å². The number of likely N-dealkylation sites (tertiary alicyclic amines) is 1. The quantitative estimate of drug-likeness (QED) is 0.640. The largest absolute Gasteiger partial charge is 0.317 e. The number of nitrogens with one attached hydrogen (secondary N) is 1. The zero-order valence-corrected chi connectivity index (χ0v) is 11.3. The average Bonchev–Trinajstić information content (AvgIpc) is 2.34. The van der Waals surface area contributed by atoms with E-state index < -0.39 is 0 Å². The lowest BCUT2D eigenvalue weighted by Gasteiger charge is -2.32. The van der Waals surface area contributed by atoms with Gasteiger partial charge in [-0.15, -0.1) is 0 Å². The smallest absolute Gasteiger partial charge is 0.000956 e. The Bertz CT molecular complexity index is 159. The molecule has 0 aromatic carbocycles. The summed E-state index contributed by atoms with van der Waals surface area (Å²) in [5.41, 5.74) is 0. The fraction of sp³-hybridized carbons (Fsp3) is 1.00. The Morgan fingerprint density at radius 2 is 2.06 bits per heavy atom. The lowest BCUT2D eigenvalue weighted by atomic mass is 9.95. The first-order chi connectivity index (χ1) is 7.86. The monoisotopic (exact) mass is 226 g/mol. The summed E-state index contributed by atoms with van der Waals surface area (Å²) in [7, 11) is 0. The number of piperidine rings is 1. The highest BCUT2D eigenvalue weighted by Crippen LogP contribution is 2.19. The Kier molecular flexibility index (Phi) is 7.87. The maximum Gasteiger partial charge on any atom is 0.000956 e. The highest BCUT2D eigenvalue weighted by atomic mass is 15.1. The van der Waals surface area contributed by atoms with Gasteiger partial charge in [-0.25, -0.2) is 0 Å². The number of hydrogen-bond acceptors (Lipinski definition) is 2. The minimum absolute atomic E-state index is 0.979. The molecule has 1 N–H and O–H groups in total. The van der Waals surface area contributed by atoms with Crippen LogP contribution in [0.2, 0.25) is 0 Å². The van der Waals surface area contributed by atoms with Crippen LogP contribution in [0.25, 0.3) is 0 Å². The lowest BCUT2D eigenvalue weighted by Crippen LogP contribution is -2.36. The van der Waals surface area contributed by atoms with Crippen LogP contribution in [0.15, 0.2) is 0 Å². The summed E-state index contributed by atoms with van der Waals surface area (Å²) >= 11 is 0. The second-order valence-corrected chi connectivity index (χ2v) is 5.17. The molecule has 2 nitrogen and oxygen atoms in total. The highest BCUT2D eigenvalue weighted by Gasteiger charge is 2.17. The van der Waals surface area contributed by atoms with Crippen LogP contribution in [0.1, 0.15) is 52.4 Å². The highest BCUT2D eigenvalue weighted by molar-refractivity contribution is 4.71. The van der Waals surface area contributed by atoms with E-state index in [2.05, 4.69) is 24.1 Å². The van der Waals surface area contributed by atoms with Gasteiger partial charge in [0.1, 0.15) is 0 Å². The van der Waals surface area contributed by atoms with Crippen molar-refractivity contribution in [1.29, 1.82) is 0 Å². The minimum atomic E-state index is 0.979. The van der Waals surface area contributed by atoms with Crippen LogP contribution < -0.4 is 5.32 Å². The Labute approximate surface area is 102 Å². The standard InChI is InChI=1S/C14H30N2/c1-3-9-15-10-5-6-11-16-12-7-8-14(4-2)13-16/h14-15H,3-13H2,1-2H3. The molecular formula is C14H30N2. The molecule has 0 spiro atoms. The predicted molar refractivity (Wildman–Crippen MR) is 71.8 cm³/mol. The zero-order chi connectivity index (χ0) is 11.6. The Morgan fingerprint density at radius 3 is 2.81 bits per heavy atom. The van der Waals surface area contributed by atoms with E-state index in [1.807, 2.05) is 0 Å². The van der Waals surface area contributed by atoms with E-state index in [0.29, 0.717) is 0 Å². The molecule has 1 heterocycles. The molecule has 1 saturated heterocycles. The summed E-state index contributed by atoms with van der Waals surface area (Å²) in [4.78, 5) is 2.68. The van der Waals surface area contributed by atoms with Gasteiger partial charge in [-0.05, 0) is 64.2 Å². The second kappa shape index (κ2) is 9.00. The molecule has 96 valence electrons. The van der Waals surface area contributed by atoms with E-state index in [1.54, 1.807) is 0 Å². The third-order valence-electron chi connectivity index (χ3n) is 3.69. The molecule has 0 aliphatic carbocycles. The van der Waals surface area contributed by atoms with Crippen LogP contribution in [0.3, 0.4) is 0 Å². The van der Waals surface area contributed by atoms with E-state index in [4.69, 9.17) is 0 Å². The summed E-state index contributed by atoms with van der Waals surface area (Å²) in [6, 6.07) is 0. The van der Waals surface area contributed by atoms with Crippen molar-refractivity contribution in [1.82, 2.24) is 10.2 Å². The molecule has 1 unspecified atom stereocenters. The van der Waals surface area contributed by atoms with E-state index in [9.17, 15) is 0 Å². The van der Waals surface area contributed by atoms with Crippen molar-refractivity contribution in [2.24, 2.45) is 5.92 Å². The van der Waals surface area contributed by atoms with Gasteiger partial charge in [0.05, 0.1) is 0 Å². The van der Waals surface area contributed by atoms with Crippen molar-refractivity contribution in [3.05, 3.63) is 0 Å². The van der Waals surface area contributed by atoms with Crippen molar-refractivity contribution in [2.45, 2.75) is 52.4 Å². The number of nitrogens with zero attached hydrogens (tertiary/aromatic N) is 1. The molecule has 1 fully saturated rings. The Balaban J connectivity index is 1.95. The molecule has 0 bridgehead atoms. The summed E-state index contributed by atoms with van der Waals surface area (Å²) < 4.78 is 0. The van der Waals surface area contributed by atoms with Gasteiger partial charge in [-0.2, -0.15) is 0 Å². The molecule has 2 heteroatoms. The summed E-state index contributed by atoms with van der Waals surface area (Å²) in [6.07, 6.45) is 8.22. The molecule has 1 aliphatic rings. The molecule has 0 aromatic rings. The molecule has 0 amide bonds. The SMILES string of the molecule is CCCNCCCCN1CCCC(CC)C1. The van der Waals surface area contributed by atoms with Crippen molar-refractivity contribution >= 4 is 0 Å². The predicted octanol–water partition coefficient (Wildman–Crippen LogP) is 2.89. The van der Waals surface area contributed by atoms with Gasteiger partial charge in [-0.3, -0.25) is 0 Å². The van der Waals surface area contributed by atoms with E-state index >= 15 is 0 Å². The van der Waals surface area contributed by atoms with Crippen LogP contribution in [-0.4, -0.2) is 37.6 Å². The number of unbranched alkanes of at least 4 members (excludes halogenated alkanes) is 1. The summed E-state index contributed by atoms with van der Waals surface area (Å²) in [5.74, 6) is 0.979. The first-order valence-corrected chi connectivity index (χ1v) is 7.29. The Hall–Kier alpha value is -0.0800. The fourth-order valence-electron chi connectivity index (χ4n) is 2.57. The van der Waals surface area contributed by atoms with E-state index in [0.717, 1.165) is 5.92 Å². The lowest BCUT2D eigenvalue weighted by molar-refractivity contribution is 0.169.